The minimum Gasteiger partial charge on any atom is -0.455 e. The first-order chi connectivity index (χ1) is 26.8. The van der Waals surface area contributed by atoms with Crippen LogP contribution in [0.1, 0.15) is 0 Å². The quantitative estimate of drug-likeness (QED) is 0.180. The van der Waals surface area contributed by atoms with Crippen LogP contribution in [0.4, 0.5) is 0 Å². The first-order valence-corrected chi connectivity index (χ1v) is 18.4. The molecule has 11 aromatic rings. The third-order valence-corrected chi connectivity index (χ3v) is 10.8. The van der Waals surface area contributed by atoms with Crippen LogP contribution in [0.3, 0.4) is 0 Å². The van der Waals surface area contributed by atoms with E-state index in [4.69, 9.17) is 9.40 Å². The van der Waals surface area contributed by atoms with Crippen LogP contribution in [-0.2, 0) is 0 Å². The fourth-order valence-electron chi connectivity index (χ4n) is 8.28. The molecule has 0 atom stereocenters. The van der Waals surface area contributed by atoms with Gasteiger partial charge in [-0.25, -0.2) is 4.98 Å². The molecule has 0 saturated heterocycles. The van der Waals surface area contributed by atoms with E-state index in [0.29, 0.717) is 0 Å². The van der Waals surface area contributed by atoms with E-state index in [-0.39, 0.29) is 0 Å². The van der Waals surface area contributed by atoms with Crippen LogP contribution in [0.25, 0.3) is 105 Å². The number of aromatic nitrogens is 2. The van der Waals surface area contributed by atoms with Crippen LogP contribution in [0, 0.1) is 0 Å². The SMILES string of the molecule is c1ccc(-c2ccc(-c3cc(-c4cccc5c4oc4c5ccc5c4c4ccccc4n5-c4ccccc4)cc(-c4cccc5ccccc45)n3)cc2)cc1. The molecule has 0 amide bonds. The van der Waals surface area contributed by atoms with Crippen LogP contribution in [0.5, 0.6) is 0 Å². The highest BCUT2D eigenvalue weighted by Crippen LogP contribution is 2.44. The molecule has 3 aromatic heterocycles. The van der Waals surface area contributed by atoms with Crippen LogP contribution < -0.4 is 0 Å². The van der Waals surface area contributed by atoms with Crippen molar-refractivity contribution in [2.45, 2.75) is 0 Å². The van der Waals surface area contributed by atoms with E-state index in [2.05, 4.69) is 199 Å². The molecule has 0 aliphatic carbocycles. The fourth-order valence-corrected chi connectivity index (χ4v) is 8.28. The van der Waals surface area contributed by atoms with Crippen LogP contribution in [0.2, 0.25) is 0 Å². The lowest BCUT2D eigenvalue weighted by Crippen LogP contribution is -1.92. The topological polar surface area (TPSA) is 31.0 Å². The standard InChI is InChI=1S/C51H32N2O/c1-3-13-33(14-4-1)34-25-27-36(28-26-34)45-31-37(32-46(52-45)41-22-11-16-35-15-7-8-19-39(35)41)40-21-12-23-42-43-29-30-48-49(51(43)54-50(40)42)44-20-9-10-24-47(44)53(48)38-17-5-2-6-18-38/h1-32H. The summed E-state index contributed by atoms with van der Waals surface area (Å²) in [6, 6.07) is 68.9. The van der Waals surface area contributed by atoms with Gasteiger partial charge in [0.15, 0.2) is 0 Å². The smallest absolute Gasteiger partial charge is 0.145 e. The Hall–Kier alpha value is -7.23. The first kappa shape index (κ1) is 30.4. The van der Waals surface area contributed by atoms with Crippen molar-refractivity contribution in [1.29, 1.82) is 0 Å². The second-order valence-electron chi connectivity index (χ2n) is 13.9. The molecular formula is C51H32N2O. The van der Waals surface area contributed by atoms with E-state index < -0.39 is 0 Å². The molecule has 0 radical (unpaired) electrons. The van der Waals surface area contributed by atoms with Crippen LogP contribution >= 0.6 is 0 Å². The highest BCUT2D eigenvalue weighted by atomic mass is 16.3. The van der Waals surface area contributed by atoms with Gasteiger partial charge in [-0.05, 0) is 69.9 Å². The molecule has 54 heavy (non-hydrogen) atoms. The number of hydrogen-bond donors (Lipinski definition) is 0. The summed E-state index contributed by atoms with van der Waals surface area (Å²) in [6.45, 7) is 0. The monoisotopic (exact) mass is 688 g/mol. The molecule has 0 spiro atoms. The second-order valence-corrected chi connectivity index (χ2v) is 13.9. The maximum Gasteiger partial charge on any atom is 0.145 e. The molecule has 3 nitrogen and oxygen atoms in total. The van der Waals surface area contributed by atoms with Crippen molar-refractivity contribution in [3.8, 4) is 50.5 Å². The van der Waals surface area contributed by atoms with Crippen molar-refractivity contribution in [3.05, 3.63) is 194 Å². The molecule has 252 valence electrons. The number of nitrogens with zero attached hydrogens (tertiary/aromatic N) is 2. The lowest BCUT2D eigenvalue weighted by Gasteiger charge is -2.13. The summed E-state index contributed by atoms with van der Waals surface area (Å²) in [6.07, 6.45) is 0. The maximum atomic E-state index is 7.10. The van der Waals surface area contributed by atoms with Gasteiger partial charge in [0.1, 0.15) is 11.2 Å². The van der Waals surface area contributed by atoms with E-state index in [1.54, 1.807) is 0 Å². The Morgan fingerprint density at radius 2 is 0.981 bits per heavy atom. The van der Waals surface area contributed by atoms with Crippen molar-refractivity contribution in [3.63, 3.8) is 0 Å². The van der Waals surface area contributed by atoms with Gasteiger partial charge >= 0.3 is 0 Å². The number of furan rings is 1. The van der Waals surface area contributed by atoms with E-state index in [9.17, 15) is 0 Å². The average molecular weight is 689 g/mol. The van der Waals surface area contributed by atoms with Crippen molar-refractivity contribution in [2.24, 2.45) is 0 Å². The molecule has 8 aromatic carbocycles. The van der Waals surface area contributed by atoms with Gasteiger partial charge in [-0.15, -0.1) is 0 Å². The third-order valence-electron chi connectivity index (χ3n) is 10.8. The molecular weight excluding hydrogens is 657 g/mol. The predicted octanol–water partition coefficient (Wildman–Crippen LogP) is 13.9. The minimum absolute atomic E-state index is 0.872. The lowest BCUT2D eigenvalue weighted by atomic mass is 9.95. The molecule has 0 bridgehead atoms. The van der Waals surface area contributed by atoms with Gasteiger partial charge in [0.25, 0.3) is 0 Å². The van der Waals surface area contributed by atoms with Gasteiger partial charge in [0.05, 0.1) is 27.8 Å². The number of pyridine rings is 1. The zero-order valence-corrected chi connectivity index (χ0v) is 29.3. The van der Waals surface area contributed by atoms with Gasteiger partial charge in [-0.1, -0.05) is 152 Å². The van der Waals surface area contributed by atoms with E-state index in [1.807, 2.05) is 0 Å². The Labute approximate surface area is 312 Å². The van der Waals surface area contributed by atoms with Gasteiger partial charge in [-0.3, -0.25) is 0 Å². The Morgan fingerprint density at radius 3 is 1.83 bits per heavy atom. The third kappa shape index (κ3) is 4.79. The number of benzene rings is 8. The first-order valence-electron chi connectivity index (χ1n) is 18.4. The summed E-state index contributed by atoms with van der Waals surface area (Å²) in [5.41, 5.74) is 13.6. The zero-order chi connectivity index (χ0) is 35.6. The lowest BCUT2D eigenvalue weighted by molar-refractivity contribution is 0.674. The largest absolute Gasteiger partial charge is 0.455 e. The second kappa shape index (κ2) is 12.2. The summed E-state index contributed by atoms with van der Waals surface area (Å²) in [5, 5.41) is 6.86. The minimum atomic E-state index is 0.872. The molecule has 0 fully saturated rings. The zero-order valence-electron chi connectivity index (χ0n) is 29.3. The molecule has 3 heteroatoms. The molecule has 0 aliphatic heterocycles. The van der Waals surface area contributed by atoms with Crippen molar-refractivity contribution in [2.75, 3.05) is 0 Å². The fraction of sp³-hybridized carbons (Fsp3) is 0. The summed E-state index contributed by atoms with van der Waals surface area (Å²) >= 11 is 0. The Bertz CT molecular complexity index is 3190. The maximum absolute atomic E-state index is 7.10. The Morgan fingerprint density at radius 1 is 0.370 bits per heavy atom. The van der Waals surface area contributed by atoms with E-state index in [1.165, 1.54) is 27.3 Å². The molecule has 3 heterocycles. The van der Waals surface area contributed by atoms with Gasteiger partial charge < -0.3 is 8.98 Å². The van der Waals surface area contributed by atoms with Crippen LogP contribution in [-0.4, -0.2) is 9.55 Å². The van der Waals surface area contributed by atoms with Gasteiger partial charge in [0, 0.05) is 38.5 Å². The van der Waals surface area contributed by atoms with E-state index in [0.717, 1.165) is 77.7 Å². The number of rotatable bonds is 5. The molecule has 0 N–H and O–H groups in total. The van der Waals surface area contributed by atoms with Crippen molar-refractivity contribution < 1.29 is 4.42 Å². The Kier molecular flexibility index (Phi) is 6.86. The summed E-state index contributed by atoms with van der Waals surface area (Å²) in [5.74, 6) is 0. The highest BCUT2D eigenvalue weighted by molar-refractivity contribution is 6.24. The molecule has 11 rings (SSSR count). The summed E-state index contributed by atoms with van der Waals surface area (Å²) in [4.78, 5) is 5.35. The van der Waals surface area contributed by atoms with E-state index >= 15 is 0 Å². The van der Waals surface area contributed by atoms with Crippen LogP contribution in [0.15, 0.2) is 199 Å². The number of fused-ring (bicyclic) bond motifs is 8. The van der Waals surface area contributed by atoms with Gasteiger partial charge in [-0.2, -0.15) is 0 Å². The molecule has 0 saturated carbocycles. The normalized spacial score (nSPS) is 11.7. The number of hydrogen-bond acceptors (Lipinski definition) is 2. The Balaban J connectivity index is 1.15. The van der Waals surface area contributed by atoms with Crippen molar-refractivity contribution >= 4 is 54.5 Å². The predicted molar refractivity (Wildman–Crippen MR) is 225 cm³/mol. The summed E-state index contributed by atoms with van der Waals surface area (Å²) < 4.78 is 9.44. The van der Waals surface area contributed by atoms with Gasteiger partial charge in [0.2, 0.25) is 0 Å². The highest BCUT2D eigenvalue weighted by Gasteiger charge is 2.21. The summed E-state index contributed by atoms with van der Waals surface area (Å²) in [7, 11) is 0. The molecule has 0 unspecified atom stereocenters. The molecule has 0 aliphatic rings. The average Bonchev–Trinajstić information content (AvgIpc) is 3.80. The van der Waals surface area contributed by atoms with Crippen molar-refractivity contribution in [1.82, 2.24) is 9.55 Å². The number of para-hydroxylation sites is 3.